The van der Waals surface area contributed by atoms with Crippen molar-refractivity contribution >= 4 is 23.5 Å². The van der Waals surface area contributed by atoms with E-state index in [0.717, 1.165) is 4.90 Å². The monoisotopic (exact) mass is 389 g/mol. The number of amides is 2. The van der Waals surface area contributed by atoms with Gasteiger partial charge in [-0.05, 0) is 25.1 Å². The lowest BCUT2D eigenvalue weighted by molar-refractivity contribution is -0.384. The molecule has 0 aliphatic carbocycles. The van der Waals surface area contributed by atoms with Gasteiger partial charge in [0, 0.05) is 38.3 Å². The molecule has 11 nitrogen and oxygen atoms in total. The number of nitro groups is 1. The quantitative estimate of drug-likeness (QED) is 0.502. The van der Waals surface area contributed by atoms with E-state index in [1.54, 1.807) is 0 Å². The van der Waals surface area contributed by atoms with Gasteiger partial charge in [0.2, 0.25) is 5.91 Å². The van der Waals surface area contributed by atoms with Gasteiger partial charge >= 0.3 is 5.97 Å². The van der Waals surface area contributed by atoms with E-state index in [1.165, 1.54) is 55.1 Å². The van der Waals surface area contributed by atoms with Crippen molar-refractivity contribution in [2.45, 2.75) is 19.9 Å². The lowest BCUT2D eigenvalue weighted by Crippen LogP contribution is -2.46. The third kappa shape index (κ3) is 4.90. The Labute approximate surface area is 159 Å². The first-order valence-electron chi connectivity index (χ1n) is 8.29. The lowest BCUT2D eigenvalue weighted by atomic mass is 10.2. The molecule has 148 valence electrons. The molecule has 1 aromatic carbocycles. The largest absolute Gasteiger partial charge is 0.480 e. The van der Waals surface area contributed by atoms with Crippen molar-refractivity contribution in [2.24, 2.45) is 0 Å². The Balaban J connectivity index is 2.21. The van der Waals surface area contributed by atoms with Crippen molar-refractivity contribution in [1.82, 2.24) is 20.0 Å². The van der Waals surface area contributed by atoms with Crippen molar-refractivity contribution in [2.75, 3.05) is 13.1 Å². The van der Waals surface area contributed by atoms with Crippen LogP contribution in [0.25, 0.3) is 5.69 Å². The molecule has 0 aliphatic rings. The number of carboxylic acids is 1. The predicted molar refractivity (Wildman–Crippen MR) is 97.0 cm³/mol. The van der Waals surface area contributed by atoms with Crippen LogP contribution in [-0.4, -0.2) is 61.6 Å². The van der Waals surface area contributed by atoms with Crippen LogP contribution in [0.3, 0.4) is 0 Å². The molecule has 0 saturated heterocycles. The molecule has 2 amide bonds. The number of nitrogens with zero attached hydrogens (tertiary/aromatic N) is 4. The first-order valence-corrected chi connectivity index (χ1v) is 8.29. The van der Waals surface area contributed by atoms with E-state index in [2.05, 4.69) is 10.4 Å². The number of carboxylic acid groups (broad SMARTS) is 1. The predicted octanol–water partition coefficient (Wildman–Crippen LogP) is 0.832. The van der Waals surface area contributed by atoms with Gasteiger partial charge in [-0.2, -0.15) is 5.10 Å². The van der Waals surface area contributed by atoms with Crippen LogP contribution in [0.5, 0.6) is 0 Å². The van der Waals surface area contributed by atoms with E-state index >= 15 is 0 Å². The second-order valence-corrected chi connectivity index (χ2v) is 5.91. The summed E-state index contributed by atoms with van der Waals surface area (Å²) < 4.78 is 1.36. The molecule has 1 unspecified atom stereocenters. The molecule has 2 aromatic rings. The maximum absolute atomic E-state index is 12.7. The van der Waals surface area contributed by atoms with Crippen LogP contribution in [0.1, 0.15) is 24.3 Å². The van der Waals surface area contributed by atoms with E-state index in [9.17, 15) is 29.6 Å². The second kappa shape index (κ2) is 8.75. The summed E-state index contributed by atoms with van der Waals surface area (Å²) in [6.07, 6.45) is 1.49. The number of non-ortho nitro benzene ring substituents is 1. The van der Waals surface area contributed by atoms with Gasteiger partial charge < -0.3 is 15.3 Å². The van der Waals surface area contributed by atoms with Gasteiger partial charge in [-0.1, -0.05) is 0 Å². The Kier molecular flexibility index (Phi) is 6.42. The number of carbonyl (C=O) groups is 3. The van der Waals surface area contributed by atoms with Crippen LogP contribution < -0.4 is 5.32 Å². The summed E-state index contributed by atoms with van der Waals surface area (Å²) in [5.74, 6) is -2.09. The molecular weight excluding hydrogens is 370 g/mol. The highest BCUT2D eigenvalue weighted by molar-refractivity contribution is 5.95. The molecule has 0 radical (unpaired) electrons. The molecule has 0 bridgehead atoms. The maximum Gasteiger partial charge on any atom is 0.326 e. The third-order valence-corrected chi connectivity index (χ3v) is 3.95. The van der Waals surface area contributed by atoms with Crippen LogP contribution >= 0.6 is 0 Å². The van der Waals surface area contributed by atoms with Gasteiger partial charge in [0.25, 0.3) is 11.6 Å². The van der Waals surface area contributed by atoms with E-state index in [-0.39, 0.29) is 30.4 Å². The Morgan fingerprint density at radius 2 is 1.93 bits per heavy atom. The summed E-state index contributed by atoms with van der Waals surface area (Å²) in [5.41, 5.74) is 0.432. The molecule has 1 heterocycles. The SMILES string of the molecule is CC(=O)NCCN(C(=O)c1ccn(-c2ccc([N+](=O)[O-])cc2)n1)C(C)C(=O)O. The minimum atomic E-state index is -1.19. The van der Waals surface area contributed by atoms with E-state index in [4.69, 9.17) is 0 Å². The third-order valence-electron chi connectivity index (χ3n) is 3.95. The van der Waals surface area contributed by atoms with Gasteiger partial charge in [-0.15, -0.1) is 0 Å². The average molecular weight is 389 g/mol. The van der Waals surface area contributed by atoms with Crippen molar-refractivity contribution in [3.05, 3.63) is 52.3 Å². The fraction of sp³-hybridized carbons (Fsp3) is 0.294. The molecular formula is C17H19N5O6. The number of nitrogens with one attached hydrogen (secondary N) is 1. The molecule has 2 rings (SSSR count). The zero-order chi connectivity index (χ0) is 20.8. The fourth-order valence-corrected chi connectivity index (χ4v) is 2.41. The first-order chi connectivity index (χ1) is 13.2. The van der Waals surface area contributed by atoms with Crippen LogP contribution in [0.2, 0.25) is 0 Å². The molecule has 1 atom stereocenters. The Bertz CT molecular complexity index is 892. The Morgan fingerprint density at radius 3 is 2.46 bits per heavy atom. The van der Waals surface area contributed by atoms with E-state index in [0.29, 0.717) is 5.69 Å². The lowest BCUT2D eigenvalue weighted by Gasteiger charge is -2.25. The number of benzene rings is 1. The number of nitro benzene ring substituents is 1. The topological polar surface area (TPSA) is 148 Å². The number of carbonyl (C=O) groups excluding carboxylic acids is 2. The minimum Gasteiger partial charge on any atom is -0.480 e. The zero-order valence-electron chi connectivity index (χ0n) is 15.2. The van der Waals surface area contributed by atoms with Crippen LogP contribution in [0.4, 0.5) is 5.69 Å². The van der Waals surface area contributed by atoms with Crippen molar-refractivity contribution in [3.8, 4) is 5.69 Å². The highest BCUT2D eigenvalue weighted by atomic mass is 16.6. The highest BCUT2D eigenvalue weighted by Gasteiger charge is 2.27. The van der Waals surface area contributed by atoms with Crippen LogP contribution in [-0.2, 0) is 9.59 Å². The maximum atomic E-state index is 12.7. The highest BCUT2D eigenvalue weighted by Crippen LogP contribution is 2.16. The summed E-state index contributed by atoms with van der Waals surface area (Å²) in [7, 11) is 0. The van der Waals surface area contributed by atoms with Gasteiger partial charge in [-0.3, -0.25) is 19.7 Å². The van der Waals surface area contributed by atoms with Crippen molar-refractivity contribution < 1.29 is 24.4 Å². The molecule has 0 spiro atoms. The number of hydrogen-bond donors (Lipinski definition) is 2. The van der Waals surface area contributed by atoms with Crippen molar-refractivity contribution in [3.63, 3.8) is 0 Å². The summed E-state index contributed by atoms with van der Waals surface area (Å²) in [5, 5.41) is 26.6. The summed E-state index contributed by atoms with van der Waals surface area (Å²) in [6.45, 7) is 2.78. The summed E-state index contributed by atoms with van der Waals surface area (Å²) in [6, 6.07) is 5.88. The van der Waals surface area contributed by atoms with Gasteiger partial charge in [-0.25, -0.2) is 9.48 Å². The number of aliphatic carboxylic acids is 1. The second-order valence-electron chi connectivity index (χ2n) is 5.91. The molecule has 0 fully saturated rings. The number of hydrogen-bond acceptors (Lipinski definition) is 6. The summed E-state index contributed by atoms with van der Waals surface area (Å²) in [4.78, 5) is 46.4. The molecule has 0 saturated carbocycles. The minimum absolute atomic E-state index is 0.00370. The number of aromatic nitrogens is 2. The average Bonchev–Trinajstić information content (AvgIpc) is 3.14. The Hall–Kier alpha value is -3.76. The summed E-state index contributed by atoms with van der Waals surface area (Å²) >= 11 is 0. The zero-order valence-corrected chi connectivity index (χ0v) is 15.2. The normalized spacial score (nSPS) is 11.5. The van der Waals surface area contributed by atoms with Gasteiger partial charge in [0.1, 0.15) is 6.04 Å². The van der Waals surface area contributed by atoms with Crippen LogP contribution in [0, 0.1) is 10.1 Å². The standard InChI is InChI=1S/C17H19N5O6/c1-11(17(25)26)20(10-8-18-12(2)23)16(24)15-7-9-21(19-15)13-3-5-14(6-4-13)22(27)28/h3-7,9,11H,8,10H2,1-2H3,(H,18,23)(H,25,26). The molecule has 28 heavy (non-hydrogen) atoms. The van der Waals surface area contributed by atoms with E-state index < -0.39 is 22.8 Å². The molecule has 1 aromatic heterocycles. The smallest absolute Gasteiger partial charge is 0.326 e. The molecule has 11 heteroatoms. The number of rotatable bonds is 8. The Morgan fingerprint density at radius 1 is 1.29 bits per heavy atom. The van der Waals surface area contributed by atoms with Crippen LogP contribution in [0.15, 0.2) is 36.5 Å². The van der Waals surface area contributed by atoms with Crippen molar-refractivity contribution in [1.29, 1.82) is 0 Å². The first kappa shape index (κ1) is 20.6. The van der Waals surface area contributed by atoms with E-state index in [1.807, 2.05) is 0 Å². The van der Waals surface area contributed by atoms with Gasteiger partial charge in [0.15, 0.2) is 5.69 Å². The molecule has 2 N–H and O–H groups in total. The van der Waals surface area contributed by atoms with Gasteiger partial charge in [0.05, 0.1) is 10.6 Å². The fourth-order valence-electron chi connectivity index (χ4n) is 2.41. The molecule has 0 aliphatic heterocycles.